The maximum Gasteiger partial charge on any atom is 0.0947 e. The highest BCUT2D eigenvalue weighted by Gasteiger charge is 2.18. The first-order chi connectivity index (χ1) is 8.86. The van der Waals surface area contributed by atoms with Gasteiger partial charge in [0.25, 0.3) is 0 Å². The number of nitrogens with two attached hydrogens (primary N) is 1. The lowest BCUT2D eigenvalue weighted by Crippen LogP contribution is -2.14. The Balaban J connectivity index is 2.11. The van der Waals surface area contributed by atoms with E-state index in [4.69, 9.17) is 10.7 Å². The van der Waals surface area contributed by atoms with Crippen LogP contribution in [0.3, 0.4) is 0 Å². The molecule has 1 atom stereocenters. The van der Waals surface area contributed by atoms with Crippen LogP contribution in [0.5, 0.6) is 0 Å². The standard InChI is InChI=1S/C15H19BrN2S/c1-15(2,3)13-9-19-14(18-13)8-12(17)10-5-4-6-11(16)7-10/h4-7,9,12H,8,17H2,1-3H3. The van der Waals surface area contributed by atoms with E-state index in [0.717, 1.165) is 27.2 Å². The van der Waals surface area contributed by atoms with Crippen molar-refractivity contribution in [2.75, 3.05) is 0 Å². The molecule has 0 aliphatic heterocycles. The van der Waals surface area contributed by atoms with Gasteiger partial charge in [0, 0.05) is 27.7 Å². The van der Waals surface area contributed by atoms with E-state index in [1.807, 2.05) is 12.1 Å². The van der Waals surface area contributed by atoms with Crippen LogP contribution in [-0.4, -0.2) is 4.98 Å². The quantitative estimate of drug-likeness (QED) is 0.897. The number of benzene rings is 1. The van der Waals surface area contributed by atoms with Crippen LogP contribution in [0.4, 0.5) is 0 Å². The lowest BCUT2D eigenvalue weighted by molar-refractivity contribution is 0.569. The van der Waals surface area contributed by atoms with E-state index in [1.54, 1.807) is 11.3 Å². The Morgan fingerprint density at radius 1 is 1.37 bits per heavy atom. The second-order valence-corrected chi connectivity index (χ2v) is 7.60. The van der Waals surface area contributed by atoms with Crippen molar-refractivity contribution in [3.05, 3.63) is 50.4 Å². The number of thiazole rings is 1. The van der Waals surface area contributed by atoms with Crippen molar-refractivity contribution in [3.63, 3.8) is 0 Å². The number of hydrogen-bond acceptors (Lipinski definition) is 3. The SMILES string of the molecule is CC(C)(C)c1csc(CC(N)c2cccc(Br)c2)n1. The van der Waals surface area contributed by atoms with Crippen LogP contribution in [0.15, 0.2) is 34.1 Å². The van der Waals surface area contributed by atoms with Gasteiger partial charge in [-0.15, -0.1) is 11.3 Å². The molecule has 1 aromatic heterocycles. The minimum Gasteiger partial charge on any atom is -0.324 e. The third kappa shape index (κ3) is 3.88. The van der Waals surface area contributed by atoms with E-state index in [0.29, 0.717) is 0 Å². The van der Waals surface area contributed by atoms with E-state index in [1.165, 1.54) is 0 Å². The van der Waals surface area contributed by atoms with Crippen molar-refractivity contribution in [1.82, 2.24) is 4.98 Å². The molecule has 2 nitrogen and oxygen atoms in total. The van der Waals surface area contributed by atoms with Crippen molar-refractivity contribution in [1.29, 1.82) is 0 Å². The van der Waals surface area contributed by atoms with Crippen LogP contribution in [0.25, 0.3) is 0 Å². The highest BCUT2D eigenvalue weighted by atomic mass is 79.9. The summed E-state index contributed by atoms with van der Waals surface area (Å²) >= 11 is 5.18. The van der Waals surface area contributed by atoms with Gasteiger partial charge in [-0.25, -0.2) is 4.98 Å². The third-order valence-corrected chi connectivity index (χ3v) is 4.36. The topological polar surface area (TPSA) is 38.9 Å². The molecular weight excluding hydrogens is 320 g/mol. The summed E-state index contributed by atoms with van der Waals surface area (Å²) in [6, 6.07) is 8.16. The Hall–Kier alpha value is -0.710. The van der Waals surface area contributed by atoms with Crippen LogP contribution >= 0.6 is 27.3 Å². The summed E-state index contributed by atoms with van der Waals surface area (Å²) in [5.41, 5.74) is 8.65. The fraction of sp³-hybridized carbons (Fsp3) is 0.400. The van der Waals surface area contributed by atoms with Gasteiger partial charge in [0.2, 0.25) is 0 Å². The number of aromatic nitrogens is 1. The summed E-state index contributed by atoms with van der Waals surface area (Å²) in [7, 11) is 0. The van der Waals surface area contributed by atoms with Crippen LogP contribution in [0.1, 0.15) is 43.1 Å². The van der Waals surface area contributed by atoms with Crippen molar-refractivity contribution in [2.24, 2.45) is 5.73 Å². The van der Waals surface area contributed by atoms with Gasteiger partial charge in [0.1, 0.15) is 0 Å². The molecular formula is C15H19BrN2S. The normalized spacial score (nSPS) is 13.5. The summed E-state index contributed by atoms with van der Waals surface area (Å²) in [6.07, 6.45) is 0.789. The van der Waals surface area contributed by atoms with Crippen LogP contribution in [-0.2, 0) is 11.8 Å². The largest absolute Gasteiger partial charge is 0.324 e. The highest BCUT2D eigenvalue weighted by molar-refractivity contribution is 9.10. The summed E-state index contributed by atoms with van der Waals surface area (Å²) in [6.45, 7) is 6.54. The smallest absolute Gasteiger partial charge is 0.0947 e. The Morgan fingerprint density at radius 2 is 2.11 bits per heavy atom. The first-order valence-corrected chi connectivity index (χ1v) is 7.99. The molecule has 4 heteroatoms. The Bertz CT molecular complexity index is 557. The van der Waals surface area contributed by atoms with Gasteiger partial charge < -0.3 is 5.73 Å². The molecule has 0 fully saturated rings. The molecule has 1 heterocycles. The predicted octanol–water partition coefficient (Wildman–Crippen LogP) is 4.45. The number of halogens is 1. The van der Waals surface area contributed by atoms with Crippen molar-refractivity contribution in [3.8, 4) is 0 Å². The maximum atomic E-state index is 6.26. The van der Waals surface area contributed by atoms with E-state index < -0.39 is 0 Å². The number of nitrogens with zero attached hydrogens (tertiary/aromatic N) is 1. The van der Waals surface area contributed by atoms with Gasteiger partial charge in [0.15, 0.2) is 0 Å². The molecule has 0 spiro atoms. The first kappa shape index (κ1) is 14.7. The molecule has 0 amide bonds. The zero-order valence-electron chi connectivity index (χ0n) is 11.5. The molecule has 0 bridgehead atoms. The molecule has 102 valence electrons. The lowest BCUT2D eigenvalue weighted by atomic mass is 9.93. The molecule has 0 aliphatic rings. The van der Waals surface area contributed by atoms with Crippen LogP contribution in [0, 0.1) is 0 Å². The summed E-state index contributed by atoms with van der Waals surface area (Å²) in [4.78, 5) is 4.70. The van der Waals surface area contributed by atoms with Gasteiger partial charge in [-0.3, -0.25) is 0 Å². The molecule has 0 saturated heterocycles. The number of hydrogen-bond donors (Lipinski definition) is 1. The van der Waals surface area contributed by atoms with Crippen LogP contribution in [0.2, 0.25) is 0 Å². The third-order valence-electron chi connectivity index (χ3n) is 2.99. The number of rotatable bonds is 3. The molecule has 2 aromatic rings. The molecule has 0 aliphatic carbocycles. The van der Waals surface area contributed by atoms with Gasteiger partial charge in [-0.2, -0.15) is 0 Å². The van der Waals surface area contributed by atoms with Crippen LogP contribution < -0.4 is 5.73 Å². The molecule has 2 rings (SSSR count). The van der Waals surface area contributed by atoms with Gasteiger partial charge in [0.05, 0.1) is 10.7 Å². The molecule has 1 aromatic carbocycles. The minimum atomic E-state index is -0.00327. The Labute approximate surface area is 127 Å². The zero-order valence-corrected chi connectivity index (χ0v) is 13.9. The second kappa shape index (κ2) is 5.73. The molecule has 19 heavy (non-hydrogen) atoms. The molecule has 0 saturated carbocycles. The Morgan fingerprint density at radius 3 is 2.68 bits per heavy atom. The fourth-order valence-electron chi connectivity index (χ4n) is 1.79. The summed E-state index contributed by atoms with van der Waals surface area (Å²) < 4.78 is 1.06. The highest BCUT2D eigenvalue weighted by Crippen LogP contribution is 2.26. The lowest BCUT2D eigenvalue weighted by Gasteiger charge is -2.14. The van der Waals surface area contributed by atoms with Gasteiger partial charge in [-0.1, -0.05) is 48.8 Å². The predicted molar refractivity (Wildman–Crippen MR) is 85.6 cm³/mol. The first-order valence-electron chi connectivity index (χ1n) is 6.32. The van der Waals surface area contributed by atoms with E-state index in [-0.39, 0.29) is 11.5 Å². The summed E-state index contributed by atoms with van der Waals surface area (Å²) in [5.74, 6) is 0. The van der Waals surface area contributed by atoms with Gasteiger partial charge >= 0.3 is 0 Å². The van der Waals surface area contributed by atoms with E-state index >= 15 is 0 Å². The zero-order chi connectivity index (χ0) is 14.0. The molecule has 1 unspecified atom stereocenters. The molecule has 2 N–H and O–H groups in total. The Kier molecular flexibility index (Phi) is 4.43. The maximum absolute atomic E-state index is 6.26. The monoisotopic (exact) mass is 338 g/mol. The van der Waals surface area contributed by atoms with Crippen molar-refractivity contribution < 1.29 is 0 Å². The summed E-state index contributed by atoms with van der Waals surface area (Å²) in [5, 5.41) is 3.25. The second-order valence-electron chi connectivity index (χ2n) is 5.74. The van der Waals surface area contributed by atoms with Crippen molar-refractivity contribution in [2.45, 2.75) is 38.6 Å². The molecule has 0 radical (unpaired) electrons. The van der Waals surface area contributed by atoms with Crippen molar-refractivity contribution >= 4 is 27.3 Å². The van der Waals surface area contributed by atoms with E-state index in [9.17, 15) is 0 Å². The fourth-order valence-corrected chi connectivity index (χ4v) is 3.29. The van der Waals surface area contributed by atoms with Gasteiger partial charge in [-0.05, 0) is 17.7 Å². The minimum absolute atomic E-state index is 0.00327. The van der Waals surface area contributed by atoms with E-state index in [2.05, 4.69) is 54.2 Å². The average Bonchev–Trinajstić information content (AvgIpc) is 2.77. The average molecular weight is 339 g/mol.